The van der Waals surface area contributed by atoms with E-state index in [-0.39, 0.29) is 0 Å². The van der Waals surface area contributed by atoms with E-state index in [2.05, 4.69) is 59.0 Å². The van der Waals surface area contributed by atoms with Gasteiger partial charge in [-0.3, -0.25) is 0 Å². The van der Waals surface area contributed by atoms with Crippen molar-refractivity contribution in [1.82, 2.24) is 14.7 Å². The maximum atomic E-state index is 4.62. The molecule has 0 unspecified atom stereocenters. The molecule has 0 saturated heterocycles. The molecule has 2 aromatic heterocycles. The summed E-state index contributed by atoms with van der Waals surface area (Å²) in [6.45, 7) is 12.5. The number of nitrogens with one attached hydrogen (secondary N) is 1. The fourth-order valence-corrected chi connectivity index (χ4v) is 3.22. The molecule has 2 heterocycles. The number of aryl methyl sites for hydroxylation is 1. The van der Waals surface area contributed by atoms with Gasteiger partial charge < -0.3 is 9.72 Å². The van der Waals surface area contributed by atoms with Crippen LogP contribution in [0.15, 0.2) is 55.9 Å². The Morgan fingerprint density at radius 1 is 1.20 bits per heavy atom. The lowest BCUT2D eigenvalue weighted by molar-refractivity contribution is 0.885. The van der Waals surface area contributed by atoms with Crippen molar-refractivity contribution < 1.29 is 0 Å². The number of aromatic nitrogens is 2. The van der Waals surface area contributed by atoms with Crippen LogP contribution in [-0.4, -0.2) is 15.4 Å². The minimum Gasteiger partial charge on any atom is -0.382 e. The molecule has 1 fully saturated rings. The molecule has 3 nitrogen and oxygen atoms in total. The van der Waals surface area contributed by atoms with E-state index in [4.69, 9.17) is 0 Å². The molecule has 25 heavy (non-hydrogen) atoms. The van der Waals surface area contributed by atoms with Crippen molar-refractivity contribution >= 4 is 16.9 Å². The van der Waals surface area contributed by atoms with Gasteiger partial charge in [0.1, 0.15) is 5.65 Å². The third-order valence-corrected chi connectivity index (χ3v) is 4.80. The van der Waals surface area contributed by atoms with Crippen LogP contribution in [0, 0.1) is 6.92 Å². The first-order valence-corrected chi connectivity index (χ1v) is 8.73. The Morgan fingerprint density at radius 3 is 2.72 bits per heavy atom. The Bertz CT molecular complexity index is 990. The van der Waals surface area contributed by atoms with Gasteiger partial charge in [0.25, 0.3) is 0 Å². The summed E-state index contributed by atoms with van der Waals surface area (Å²) in [5, 5.41) is 3.50. The maximum absolute atomic E-state index is 4.62. The molecule has 0 bridgehead atoms. The monoisotopic (exact) mass is 329 g/mol. The molecule has 0 amide bonds. The second kappa shape index (κ2) is 5.92. The summed E-state index contributed by atoms with van der Waals surface area (Å²) in [4.78, 5) is 4.62. The van der Waals surface area contributed by atoms with Crippen molar-refractivity contribution in [2.24, 2.45) is 0 Å². The Morgan fingerprint density at radius 2 is 2.00 bits per heavy atom. The van der Waals surface area contributed by atoms with Crippen LogP contribution in [0.2, 0.25) is 0 Å². The first-order chi connectivity index (χ1) is 12.0. The minimum atomic E-state index is 0.601. The average Bonchev–Trinajstić information content (AvgIpc) is 3.32. The summed E-state index contributed by atoms with van der Waals surface area (Å²) < 4.78 is 2.11. The van der Waals surface area contributed by atoms with Crippen molar-refractivity contribution in [3.63, 3.8) is 0 Å². The molecule has 126 valence electrons. The van der Waals surface area contributed by atoms with E-state index in [1.807, 2.05) is 25.4 Å². The van der Waals surface area contributed by atoms with E-state index >= 15 is 0 Å². The predicted molar refractivity (Wildman–Crippen MR) is 105 cm³/mol. The number of hydrogen-bond acceptors (Lipinski definition) is 2. The molecule has 3 heteroatoms. The van der Waals surface area contributed by atoms with Gasteiger partial charge in [-0.1, -0.05) is 25.3 Å². The summed E-state index contributed by atoms with van der Waals surface area (Å²) in [5.74, 6) is 0. The number of fused-ring (bicyclic) bond motifs is 1. The molecule has 0 atom stereocenters. The second-order valence-corrected chi connectivity index (χ2v) is 6.96. The van der Waals surface area contributed by atoms with Gasteiger partial charge in [0.15, 0.2) is 0 Å². The molecule has 1 aliphatic carbocycles. The van der Waals surface area contributed by atoms with Crippen LogP contribution < -0.4 is 5.32 Å². The van der Waals surface area contributed by atoms with Crippen molar-refractivity contribution in [2.45, 2.75) is 32.7 Å². The van der Waals surface area contributed by atoms with Gasteiger partial charge in [-0.15, -0.1) is 0 Å². The number of hydrogen-bond donors (Lipinski definition) is 1. The molecule has 4 rings (SSSR count). The molecule has 3 aromatic rings. The van der Waals surface area contributed by atoms with E-state index in [9.17, 15) is 0 Å². The zero-order valence-corrected chi connectivity index (χ0v) is 14.8. The predicted octanol–water partition coefficient (Wildman–Crippen LogP) is 5.07. The van der Waals surface area contributed by atoms with Crippen molar-refractivity contribution in [2.75, 3.05) is 0 Å². The van der Waals surface area contributed by atoms with E-state index < -0.39 is 0 Å². The summed E-state index contributed by atoms with van der Waals surface area (Å²) >= 11 is 0. The van der Waals surface area contributed by atoms with Crippen LogP contribution in [0.25, 0.3) is 28.0 Å². The lowest BCUT2D eigenvalue weighted by atomic mass is 9.98. The number of benzene rings is 1. The zero-order chi connectivity index (χ0) is 17.6. The Hall–Kier alpha value is -2.81. The van der Waals surface area contributed by atoms with Crippen molar-refractivity contribution in [3.8, 4) is 11.1 Å². The number of allylic oxidation sites excluding steroid dienone is 1. The molecule has 0 aliphatic heterocycles. The topological polar surface area (TPSA) is 29.3 Å². The summed E-state index contributed by atoms with van der Waals surface area (Å²) in [7, 11) is 0. The highest BCUT2D eigenvalue weighted by Crippen LogP contribution is 2.33. The largest absolute Gasteiger partial charge is 0.382 e. The summed E-state index contributed by atoms with van der Waals surface area (Å²) in [5.41, 5.74) is 8.79. The first kappa shape index (κ1) is 15.7. The van der Waals surface area contributed by atoms with Gasteiger partial charge >= 0.3 is 0 Å². The Kier molecular flexibility index (Phi) is 3.72. The lowest BCUT2D eigenvalue weighted by Crippen LogP contribution is -2.13. The Labute approximate surface area is 148 Å². The highest BCUT2D eigenvalue weighted by Gasteiger charge is 2.22. The molecule has 1 aromatic carbocycles. The lowest BCUT2D eigenvalue weighted by Gasteiger charge is -2.12. The van der Waals surface area contributed by atoms with Crippen molar-refractivity contribution in [3.05, 3.63) is 72.7 Å². The minimum absolute atomic E-state index is 0.601. The van der Waals surface area contributed by atoms with E-state index in [1.54, 1.807) is 0 Å². The maximum Gasteiger partial charge on any atom is 0.145 e. The molecular formula is C22H23N3. The molecular weight excluding hydrogens is 306 g/mol. The first-order valence-electron chi connectivity index (χ1n) is 8.73. The van der Waals surface area contributed by atoms with E-state index in [0.29, 0.717) is 6.04 Å². The molecule has 1 aliphatic rings. The molecule has 1 saturated carbocycles. The smallest absolute Gasteiger partial charge is 0.145 e. The van der Waals surface area contributed by atoms with Crippen molar-refractivity contribution in [1.29, 1.82) is 0 Å². The fraction of sp³-hybridized carbons (Fsp3) is 0.227. The summed E-state index contributed by atoms with van der Waals surface area (Å²) in [6, 6.07) is 11.3. The highest BCUT2D eigenvalue weighted by atomic mass is 15.0. The van der Waals surface area contributed by atoms with Crippen LogP contribution in [0.5, 0.6) is 0 Å². The van der Waals surface area contributed by atoms with Crippen LogP contribution in [0.3, 0.4) is 0 Å². The molecule has 0 radical (unpaired) electrons. The molecule has 0 spiro atoms. The van der Waals surface area contributed by atoms with Gasteiger partial charge in [-0.2, -0.15) is 0 Å². The SMILES string of the molecule is C=C(NC1CC1)c1ccc(C)c(-c2cc(C(=C)C)n3cccnc23)c1. The van der Waals surface area contributed by atoms with Crippen LogP contribution in [-0.2, 0) is 0 Å². The van der Waals surface area contributed by atoms with Gasteiger partial charge in [-0.25, -0.2) is 4.98 Å². The van der Waals surface area contributed by atoms with Gasteiger partial charge in [0.2, 0.25) is 0 Å². The number of nitrogens with zero attached hydrogens (tertiary/aromatic N) is 2. The standard InChI is InChI=1S/C22H23N3/c1-14(2)21-13-20(22-23-10-5-11-25(21)22)19-12-17(7-6-15(19)3)16(4)24-18-8-9-18/h5-7,10-13,18,24H,1,4,8-9H2,2-3H3. The quantitative estimate of drug-likeness (QED) is 0.708. The van der Waals surface area contributed by atoms with Crippen LogP contribution in [0.4, 0.5) is 0 Å². The third kappa shape index (κ3) is 2.86. The molecule has 1 N–H and O–H groups in total. The van der Waals surface area contributed by atoms with Crippen LogP contribution >= 0.6 is 0 Å². The highest BCUT2D eigenvalue weighted by molar-refractivity contribution is 5.86. The van der Waals surface area contributed by atoms with Gasteiger partial charge in [0.05, 0.1) is 5.69 Å². The zero-order valence-electron chi connectivity index (χ0n) is 14.8. The van der Waals surface area contributed by atoms with Gasteiger partial charge in [-0.05, 0) is 67.2 Å². The normalized spacial score (nSPS) is 13.8. The average molecular weight is 329 g/mol. The Balaban J connectivity index is 1.85. The number of rotatable bonds is 5. The second-order valence-electron chi connectivity index (χ2n) is 6.96. The summed E-state index contributed by atoms with van der Waals surface area (Å²) in [6.07, 6.45) is 6.37. The van der Waals surface area contributed by atoms with Gasteiger partial charge in [0, 0.05) is 29.7 Å². The fourth-order valence-electron chi connectivity index (χ4n) is 3.22. The van der Waals surface area contributed by atoms with E-state index in [0.717, 1.165) is 33.7 Å². The third-order valence-electron chi connectivity index (χ3n) is 4.80. The van der Waals surface area contributed by atoms with Crippen LogP contribution in [0.1, 0.15) is 36.6 Å². The van der Waals surface area contributed by atoms with E-state index in [1.165, 1.54) is 24.0 Å².